The van der Waals surface area contributed by atoms with Crippen LogP contribution in [0.5, 0.6) is 5.75 Å². The fourth-order valence-electron chi connectivity index (χ4n) is 2.35. The molecule has 0 aromatic heterocycles. The van der Waals surface area contributed by atoms with Crippen molar-refractivity contribution in [1.82, 2.24) is 5.32 Å². The lowest BCUT2D eigenvalue weighted by Crippen LogP contribution is -2.42. The largest absolute Gasteiger partial charge is 0.481 e. The van der Waals surface area contributed by atoms with E-state index in [1.807, 2.05) is 26.0 Å². The molecule has 2 aromatic rings. The van der Waals surface area contributed by atoms with Crippen LogP contribution >= 0.6 is 0 Å². The molecule has 0 fully saturated rings. The van der Waals surface area contributed by atoms with Crippen molar-refractivity contribution in [2.45, 2.75) is 33.8 Å². The second-order valence-electron chi connectivity index (χ2n) is 6.10. The SMILES string of the molecule is CC(=O)c1ccc(O[C@@H](C)C(=O)NC(=O)Nc2ccc(C)cc2C)cc1. The van der Waals surface area contributed by atoms with Gasteiger partial charge >= 0.3 is 6.03 Å². The number of carbonyl (C=O) groups is 3. The number of Topliss-reactive ketones (excluding diaryl/α,β-unsaturated/α-hetero) is 1. The van der Waals surface area contributed by atoms with Crippen LogP contribution in [-0.2, 0) is 4.79 Å². The number of hydrogen-bond donors (Lipinski definition) is 2. The van der Waals surface area contributed by atoms with Crippen molar-refractivity contribution in [3.8, 4) is 5.75 Å². The zero-order chi connectivity index (χ0) is 19.3. The average Bonchev–Trinajstić information content (AvgIpc) is 2.57. The molecule has 2 rings (SSSR count). The quantitative estimate of drug-likeness (QED) is 0.803. The number of rotatable bonds is 5. The molecule has 0 bridgehead atoms. The van der Waals surface area contributed by atoms with Crippen molar-refractivity contribution >= 4 is 23.4 Å². The van der Waals surface area contributed by atoms with E-state index in [2.05, 4.69) is 10.6 Å². The van der Waals surface area contributed by atoms with Gasteiger partial charge in [0.2, 0.25) is 0 Å². The van der Waals surface area contributed by atoms with E-state index in [1.54, 1.807) is 37.3 Å². The summed E-state index contributed by atoms with van der Waals surface area (Å²) in [5.41, 5.74) is 3.18. The summed E-state index contributed by atoms with van der Waals surface area (Å²) in [6.45, 7) is 6.85. The van der Waals surface area contributed by atoms with E-state index in [0.29, 0.717) is 17.0 Å². The van der Waals surface area contributed by atoms with Gasteiger partial charge in [0.05, 0.1) is 0 Å². The minimum atomic E-state index is -0.872. The summed E-state index contributed by atoms with van der Waals surface area (Å²) in [6.07, 6.45) is -0.872. The number of urea groups is 1. The Labute approximate surface area is 152 Å². The minimum absolute atomic E-state index is 0.0505. The molecule has 2 N–H and O–H groups in total. The summed E-state index contributed by atoms with van der Waals surface area (Å²) < 4.78 is 5.50. The zero-order valence-electron chi connectivity index (χ0n) is 15.3. The second-order valence-corrected chi connectivity index (χ2v) is 6.10. The summed E-state index contributed by atoms with van der Waals surface area (Å²) in [6, 6.07) is 11.4. The van der Waals surface area contributed by atoms with E-state index < -0.39 is 18.0 Å². The maximum atomic E-state index is 12.1. The van der Waals surface area contributed by atoms with Crippen LogP contribution in [0.2, 0.25) is 0 Å². The van der Waals surface area contributed by atoms with Crippen LogP contribution in [0.4, 0.5) is 10.5 Å². The second kappa shape index (κ2) is 8.29. The number of imide groups is 1. The lowest BCUT2D eigenvalue weighted by molar-refractivity contribution is -0.126. The number of benzene rings is 2. The van der Waals surface area contributed by atoms with Crippen LogP contribution in [0, 0.1) is 13.8 Å². The van der Waals surface area contributed by atoms with Crippen LogP contribution in [0.25, 0.3) is 0 Å². The number of amides is 3. The molecular weight excluding hydrogens is 332 g/mol. The standard InChI is InChI=1S/C20H22N2O4/c1-12-5-10-18(13(2)11-12)21-20(25)22-19(24)15(4)26-17-8-6-16(7-9-17)14(3)23/h5-11,15H,1-4H3,(H2,21,22,24,25)/t15-/m0/s1. The highest BCUT2D eigenvalue weighted by Crippen LogP contribution is 2.16. The first-order chi connectivity index (χ1) is 12.3. The molecule has 0 aliphatic carbocycles. The van der Waals surface area contributed by atoms with Crippen molar-refractivity contribution in [2.75, 3.05) is 5.32 Å². The number of nitrogens with one attached hydrogen (secondary N) is 2. The Hall–Kier alpha value is -3.15. The zero-order valence-corrected chi connectivity index (χ0v) is 15.3. The van der Waals surface area contributed by atoms with Gasteiger partial charge in [0.1, 0.15) is 5.75 Å². The molecule has 0 radical (unpaired) electrons. The van der Waals surface area contributed by atoms with Crippen LogP contribution in [0.1, 0.15) is 35.3 Å². The number of ketones is 1. The molecule has 0 spiro atoms. The van der Waals surface area contributed by atoms with Gasteiger partial charge in [0.15, 0.2) is 11.9 Å². The first-order valence-corrected chi connectivity index (χ1v) is 8.23. The predicted octanol–water partition coefficient (Wildman–Crippen LogP) is 3.62. The fourth-order valence-corrected chi connectivity index (χ4v) is 2.35. The molecule has 0 saturated heterocycles. The molecule has 3 amide bonds. The highest BCUT2D eigenvalue weighted by Gasteiger charge is 2.18. The van der Waals surface area contributed by atoms with Gasteiger partial charge < -0.3 is 10.1 Å². The molecule has 0 saturated carbocycles. The van der Waals surface area contributed by atoms with Gasteiger partial charge in [-0.25, -0.2) is 4.79 Å². The molecule has 0 aliphatic heterocycles. The molecule has 6 nitrogen and oxygen atoms in total. The summed E-state index contributed by atoms with van der Waals surface area (Å²) in [5.74, 6) is -0.180. The molecule has 0 heterocycles. The normalized spacial score (nSPS) is 11.4. The Morgan fingerprint density at radius 2 is 1.65 bits per heavy atom. The van der Waals surface area contributed by atoms with Gasteiger partial charge in [-0.15, -0.1) is 0 Å². The van der Waals surface area contributed by atoms with Crippen LogP contribution in [0.15, 0.2) is 42.5 Å². The van der Waals surface area contributed by atoms with Crippen LogP contribution in [-0.4, -0.2) is 23.8 Å². The third kappa shape index (κ3) is 5.17. The lowest BCUT2D eigenvalue weighted by atomic mass is 10.1. The van der Waals surface area contributed by atoms with Crippen molar-refractivity contribution in [2.24, 2.45) is 0 Å². The van der Waals surface area contributed by atoms with Crippen LogP contribution < -0.4 is 15.4 Å². The summed E-state index contributed by atoms with van der Waals surface area (Å²) in [7, 11) is 0. The molecule has 0 unspecified atom stereocenters. The van der Waals surface area contributed by atoms with Crippen molar-refractivity contribution in [3.63, 3.8) is 0 Å². The number of anilines is 1. The van der Waals surface area contributed by atoms with E-state index in [1.165, 1.54) is 6.92 Å². The van der Waals surface area contributed by atoms with E-state index >= 15 is 0 Å². The molecule has 26 heavy (non-hydrogen) atoms. The van der Waals surface area contributed by atoms with Gasteiger partial charge in [-0.2, -0.15) is 0 Å². The van der Waals surface area contributed by atoms with Crippen LogP contribution in [0.3, 0.4) is 0 Å². The molecule has 2 aromatic carbocycles. The van der Waals surface area contributed by atoms with Crippen molar-refractivity contribution < 1.29 is 19.1 Å². The first-order valence-electron chi connectivity index (χ1n) is 8.23. The Bertz CT molecular complexity index is 828. The number of aryl methyl sites for hydroxylation is 2. The smallest absolute Gasteiger partial charge is 0.325 e. The molecule has 136 valence electrons. The number of ether oxygens (including phenoxy) is 1. The third-order valence-corrected chi connectivity index (χ3v) is 3.81. The summed E-state index contributed by atoms with van der Waals surface area (Å²) in [4.78, 5) is 35.4. The monoisotopic (exact) mass is 354 g/mol. The fraction of sp³-hybridized carbons (Fsp3) is 0.250. The van der Waals surface area contributed by atoms with E-state index in [4.69, 9.17) is 4.74 Å². The highest BCUT2D eigenvalue weighted by atomic mass is 16.5. The Morgan fingerprint density at radius 3 is 2.23 bits per heavy atom. The highest BCUT2D eigenvalue weighted by molar-refractivity contribution is 6.02. The molecule has 6 heteroatoms. The number of hydrogen-bond acceptors (Lipinski definition) is 4. The summed E-state index contributed by atoms with van der Waals surface area (Å²) in [5, 5.41) is 4.89. The van der Waals surface area contributed by atoms with Gasteiger partial charge in [-0.1, -0.05) is 17.7 Å². The van der Waals surface area contributed by atoms with Gasteiger partial charge in [-0.3, -0.25) is 14.9 Å². The average molecular weight is 354 g/mol. The van der Waals surface area contributed by atoms with Crippen molar-refractivity contribution in [3.05, 3.63) is 59.2 Å². The molecule has 0 aliphatic rings. The predicted molar refractivity (Wildman–Crippen MR) is 99.6 cm³/mol. The van der Waals surface area contributed by atoms with E-state index in [0.717, 1.165) is 11.1 Å². The van der Waals surface area contributed by atoms with Gasteiger partial charge in [0.25, 0.3) is 5.91 Å². The molecular formula is C20H22N2O4. The maximum Gasteiger partial charge on any atom is 0.325 e. The Balaban J connectivity index is 1.91. The lowest BCUT2D eigenvalue weighted by Gasteiger charge is -2.15. The first kappa shape index (κ1) is 19.2. The summed E-state index contributed by atoms with van der Waals surface area (Å²) >= 11 is 0. The Morgan fingerprint density at radius 1 is 1.00 bits per heavy atom. The topological polar surface area (TPSA) is 84.5 Å². The van der Waals surface area contributed by atoms with Gasteiger partial charge in [-0.05, 0) is 63.6 Å². The van der Waals surface area contributed by atoms with E-state index in [9.17, 15) is 14.4 Å². The Kier molecular flexibility index (Phi) is 6.11. The third-order valence-electron chi connectivity index (χ3n) is 3.81. The minimum Gasteiger partial charge on any atom is -0.481 e. The van der Waals surface area contributed by atoms with Crippen molar-refractivity contribution in [1.29, 1.82) is 0 Å². The van der Waals surface area contributed by atoms with E-state index in [-0.39, 0.29) is 5.78 Å². The van der Waals surface area contributed by atoms with Gasteiger partial charge in [0, 0.05) is 11.3 Å². The maximum absolute atomic E-state index is 12.1. The number of carbonyl (C=O) groups excluding carboxylic acids is 3. The molecule has 1 atom stereocenters.